The Morgan fingerprint density at radius 2 is 2.16 bits per heavy atom. The minimum Gasteiger partial charge on any atom is -0.489 e. The van der Waals surface area contributed by atoms with E-state index in [1.807, 2.05) is 24.3 Å². The summed E-state index contributed by atoms with van der Waals surface area (Å²) in [4.78, 5) is 11.0. The molecule has 2 aliphatic rings. The topological polar surface area (TPSA) is 50.3 Å². The Labute approximate surface area is 152 Å². The van der Waals surface area contributed by atoms with Crippen LogP contribution >= 0.6 is 11.6 Å². The van der Waals surface area contributed by atoms with E-state index in [4.69, 9.17) is 16.3 Å². The van der Waals surface area contributed by atoms with Gasteiger partial charge < -0.3 is 15.0 Å². The molecule has 0 spiro atoms. The second kappa shape index (κ2) is 7.42. The number of anilines is 1. The minimum absolute atomic E-state index is 0.430. The highest BCUT2D eigenvalue weighted by atomic mass is 35.5. The van der Waals surface area contributed by atoms with Crippen molar-refractivity contribution in [2.45, 2.75) is 18.9 Å². The van der Waals surface area contributed by atoms with Gasteiger partial charge in [0.1, 0.15) is 12.4 Å². The van der Waals surface area contributed by atoms with Crippen LogP contribution in [0.3, 0.4) is 0 Å². The molecule has 1 atom stereocenters. The van der Waals surface area contributed by atoms with E-state index in [-0.39, 0.29) is 0 Å². The number of halogens is 1. The molecule has 0 bridgehead atoms. The highest BCUT2D eigenvalue weighted by Crippen LogP contribution is 2.28. The molecule has 25 heavy (non-hydrogen) atoms. The normalized spacial score (nSPS) is 19.8. The van der Waals surface area contributed by atoms with Crippen molar-refractivity contribution in [3.8, 4) is 5.75 Å². The lowest BCUT2D eigenvalue weighted by Gasteiger charge is -2.33. The van der Waals surface area contributed by atoms with Gasteiger partial charge in [0.25, 0.3) is 0 Å². The lowest BCUT2D eigenvalue weighted by molar-refractivity contribution is 0.338. The third kappa shape index (κ3) is 3.94. The average molecular weight is 357 g/mol. The summed E-state index contributed by atoms with van der Waals surface area (Å²) < 4.78 is 5.82. The van der Waals surface area contributed by atoms with Crippen LogP contribution in [0, 0.1) is 0 Å². The van der Waals surface area contributed by atoms with E-state index in [2.05, 4.69) is 26.3 Å². The maximum atomic E-state index is 6.08. The third-order valence-corrected chi connectivity index (χ3v) is 4.85. The molecular weight excluding hydrogens is 336 g/mol. The first-order valence-corrected chi connectivity index (χ1v) is 9.03. The van der Waals surface area contributed by atoms with E-state index in [9.17, 15) is 0 Å². The minimum atomic E-state index is 0.430. The second-order valence-electron chi connectivity index (χ2n) is 6.49. The predicted octanol–water partition coefficient (Wildman–Crippen LogP) is 3.16. The van der Waals surface area contributed by atoms with Crippen LogP contribution in [-0.4, -0.2) is 42.3 Å². The fraction of sp³-hybridized carbons (Fsp3) is 0.368. The van der Waals surface area contributed by atoms with Crippen molar-refractivity contribution in [3.05, 3.63) is 52.8 Å². The monoisotopic (exact) mass is 356 g/mol. The molecule has 1 saturated heterocycles. The molecule has 0 aliphatic carbocycles. The van der Waals surface area contributed by atoms with Crippen molar-refractivity contribution < 1.29 is 4.74 Å². The molecule has 6 heteroatoms. The van der Waals surface area contributed by atoms with Gasteiger partial charge >= 0.3 is 0 Å². The number of hydrogen-bond donors (Lipinski definition) is 1. The van der Waals surface area contributed by atoms with E-state index >= 15 is 0 Å². The molecule has 1 aromatic heterocycles. The summed E-state index contributed by atoms with van der Waals surface area (Å²) in [5, 5.41) is 4.39. The molecule has 1 fully saturated rings. The zero-order valence-electron chi connectivity index (χ0n) is 14.0. The van der Waals surface area contributed by atoms with Crippen molar-refractivity contribution >= 4 is 23.6 Å². The Balaban J connectivity index is 1.37. The van der Waals surface area contributed by atoms with Crippen molar-refractivity contribution in [1.29, 1.82) is 0 Å². The van der Waals surface area contributed by atoms with Crippen LogP contribution in [0.2, 0.25) is 5.02 Å². The van der Waals surface area contributed by atoms with Crippen molar-refractivity contribution in [2.75, 3.05) is 31.1 Å². The van der Waals surface area contributed by atoms with Crippen molar-refractivity contribution in [1.82, 2.24) is 15.3 Å². The number of aromatic nitrogens is 2. The maximum Gasteiger partial charge on any atom is 0.225 e. The van der Waals surface area contributed by atoms with Gasteiger partial charge in [0, 0.05) is 48.7 Å². The van der Waals surface area contributed by atoms with Crippen LogP contribution in [0.5, 0.6) is 5.75 Å². The van der Waals surface area contributed by atoms with Gasteiger partial charge in [-0.25, -0.2) is 9.97 Å². The van der Waals surface area contributed by atoms with Gasteiger partial charge in [-0.15, -0.1) is 0 Å². The van der Waals surface area contributed by atoms with Crippen LogP contribution in [-0.2, 0) is 0 Å². The number of nitrogens with one attached hydrogen (secondary N) is 1. The third-order valence-electron chi connectivity index (χ3n) is 4.62. The van der Waals surface area contributed by atoms with Gasteiger partial charge in [-0.2, -0.15) is 0 Å². The number of benzene rings is 1. The summed E-state index contributed by atoms with van der Waals surface area (Å²) in [6.45, 7) is 3.39. The number of nitrogens with zero attached hydrogens (tertiary/aromatic N) is 3. The predicted molar refractivity (Wildman–Crippen MR) is 100 cm³/mol. The lowest BCUT2D eigenvalue weighted by atomic mass is 10.0. The largest absolute Gasteiger partial charge is 0.489 e. The molecule has 1 unspecified atom stereocenters. The van der Waals surface area contributed by atoms with Crippen molar-refractivity contribution in [3.63, 3.8) is 0 Å². The van der Waals surface area contributed by atoms with E-state index in [0.717, 1.165) is 48.3 Å². The molecule has 5 nitrogen and oxygen atoms in total. The highest BCUT2D eigenvalue weighted by molar-refractivity contribution is 6.30. The van der Waals surface area contributed by atoms with Gasteiger partial charge in [0.2, 0.25) is 5.95 Å². The highest BCUT2D eigenvalue weighted by Gasteiger charge is 2.22. The number of rotatable bonds is 4. The van der Waals surface area contributed by atoms with Gasteiger partial charge in [-0.1, -0.05) is 11.6 Å². The molecule has 2 aromatic rings. The summed E-state index contributed by atoms with van der Waals surface area (Å²) in [6, 6.07) is 8.02. The molecule has 3 heterocycles. The zero-order valence-corrected chi connectivity index (χ0v) is 14.7. The first-order valence-electron chi connectivity index (χ1n) is 8.65. The summed E-state index contributed by atoms with van der Waals surface area (Å²) in [5.41, 5.74) is 2.29. The average Bonchev–Trinajstić information content (AvgIpc) is 2.67. The summed E-state index contributed by atoms with van der Waals surface area (Å²) >= 11 is 6.08. The first kappa shape index (κ1) is 16.4. The lowest BCUT2D eigenvalue weighted by Crippen LogP contribution is -2.47. The quantitative estimate of drug-likeness (QED) is 0.911. The summed E-state index contributed by atoms with van der Waals surface area (Å²) in [5.74, 6) is 1.72. The van der Waals surface area contributed by atoms with Gasteiger partial charge in [0.05, 0.1) is 0 Å². The van der Waals surface area contributed by atoms with Crippen LogP contribution in [0.15, 0.2) is 42.2 Å². The Morgan fingerprint density at radius 1 is 1.28 bits per heavy atom. The van der Waals surface area contributed by atoms with Crippen LogP contribution < -0.4 is 15.0 Å². The van der Waals surface area contributed by atoms with E-state index < -0.39 is 0 Å². The van der Waals surface area contributed by atoms with E-state index in [1.54, 1.807) is 12.4 Å². The second-order valence-corrected chi connectivity index (χ2v) is 6.92. The summed E-state index contributed by atoms with van der Waals surface area (Å²) in [6.07, 6.45) is 8.08. The molecule has 1 N–H and O–H groups in total. The Kier molecular flexibility index (Phi) is 4.85. The van der Waals surface area contributed by atoms with E-state index in [1.165, 1.54) is 12.0 Å². The smallest absolute Gasteiger partial charge is 0.225 e. The number of hydrogen-bond acceptors (Lipinski definition) is 5. The Hall–Kier alpha value is -2.11. The van der Waals surface area contributed by atoms with E-state index in [0.29, 0.717) is 12.6 Å². The number of fused-ring (bicyclic) bond motifs is 1. The number of piperidine rings is 1. The molecule has 130 valence electrons. The van der Waals surface area contributed by atoms with Gasteiger partial charge in [0.15, 0.2) is 0 Å². The van der Waals surface area contributed by atoms with Crippen LogP contribution in [0.25, 0.3) is 6.08 Å². The molecule has 0 amide bonds. The standard InChI is InChI=1S/C19H21ClN4O/c20-16-4-5-18-15(10-16)9-14(13-25-18)11-23-17-3-1-8-24(12-17)19-21-6-2-7-22-19/h2,4-7,9-10,17,23H,1,3,8,11-13H2. The molecule has 1 aromatic carbocycles. The molecule has 0 saturated carbocycles. The SMILES string of the molecule is Clc1ccc2c(c1)C=C(CNC1CCCN(c3ncccn3)C1)CO2. The number of ether oxygens (including phenoxy) is 1. The maximum absolute atomic E-state index is 6.08. The fourth-order valence-electron chi connectivity index (χ4n) is 3.35. The summed E-state index contributed by atoms with van der Waals surface area (Å²) in [7, 11) is 0. The first-order chi connectivity index (χ1) is 12.3. The Morgan fingerprint density at radius 3 is 3.04 bits per heavy atom. The molecule has 0 radical (unpaired) electrons. The van der Waals surface area contributed by atoms with Crippen LogP contribution in [0.1, 0.15) is 18.4 Å². The van der Waals surface area contributed by atoms with Gasteiger partial charge in [-0.05, 0) is 48.8 Å². The molecular formula is C19H21ClN4O. The zero-order chi connectivity index (χ0) is 17.1. The van der Waals surface area contributed by atoms with Crippen molar-refractivity contribution in [2.24, 2.45) is 0 Å². The Bertz CT molecular complexity index is 765. The molecule has 4 rings (SSSR count). The van der Waals surface area contributed by atoms with Gasteiger partial charge in [-0.3, -0.25) is 0 Å². The fourth-order valence-corrected chi connectivity index (χ4v) is 3.53. The van der Waals surface area contributed by atoms with Crippen LogP contribution in [0.4, 0.5) is 5.95 Å². The molecule has 2 aliphatic heterocycles.